The van der Waals surface area contributed by atoms with Crippen LogP contribution < -0.4 is 0 Å². The zero-order chi connectivity index (χ0) is 15.6. The first-order valence-corrected chi connectivity index (χ1v) is 8.24. The summed E-state index contributed by atoms with van der Waals surface area (Å²) in [6, 6.07) is 0. The number of ketones is 1. The van der Waals surface area contributed by atoms with E-state index < -0.39 is 13.6 Å². The molecule has 0 fully saturated rings. The molecule has 7 heteroatoms. The molecular formula is C13H23O6P. The summed E-state index contributed by atoms with van der Waals surface area (Å²) in [4.78, 5) is 21.8. The molecule has 6 nitrogen and oxygen atoms in total. The highest BCUT2D eigenvalue weighted by atomic mass is 31.2. The Morgan fingerprint density at radius 3 is 2.10 bits per heavy atom. The third-order valence-corrected chi connectivity index (χ3v) is 4.35. The summed E-state index contributed by atoms with van der Waals surface area (Å²) in [7, 11) is -3.12. The minimum Gasteiger partial charge on any atom is -0.461 e. The monoisotopic (exact) mass is 306 g/mol. The molecule has 0 aromatic heterocycles. The van der Waals surface area contributed by atoms with E-state index >= 15 is 0 Å². The molecule has 0 saturated heterocycles. The van der Waals surface area contributed by atoms with E-state index in [1.807, 2.05) is 0 Å². The number of carbonyl (C=O) groups is 2. The quantitative estimate of drug-likeness (QED) is 0.267. The van der Waals surface area contributed by atoms with Gasteiger partial charge in [-0.2, -0.15) is 0 Å². The van der Waals surface area contributed by atoms with E-state index in [9.17, 15) is 14.2 Å². The number of allylic oxidation sites excluding steroid dienone is 1. The topological polar surface area (TPSA) is 78.9 Å². The second-order valence-corrected chi connectivity index (χ2v) is 6.27. The van der Waals surface area contributed by atoms with Gasteiger partial charge in [0.15, 0.2) is 0 Å². The standard InChI is InChI=1S/C13H23O6P/c1-5-18-20(16,19-6-2)10-11(3)7-8-17-13(15)9-12(4)14/h7H,5-6,8-10H2,1-4H3. The number of rotatable bonds is 10. The lowest BCUT2D eigenvalue weighted by atomic mass is 10.3. The fraction of sp³-hybridized carbons (Fsp3) is 0.692. The zero-order valence-corrected chi connectivity index (χ0v) is 13.4. The van der Waals surface area contributed by atoms with E-state index in [0.717, 1.165) is 5.57 Å². The smallest absolute Gasteiger partial charge is 0.334 e. The van der Waals surface area contributed by atoms with Crippen LogP contribution in [0.3, 0.4) is 0 Å². The van der Waals surface area contributed by atoms with Crippen molar-refractivity contribution >= 4 is 19.3 Å². The lowest BCUT2D eigenvalue weighted by molar-refractivity contribution is -0.144. The molecule has 0 atom stereocenters. The number of hydrogen-bond donors (Lipinski definition) is 0. The van der Waals surface area contributed by atoms with E-state index in [1.54, 1.807) is 26.8 Å². The third kappa shape index (κ3) is 9.02. The Balaban J connectivity index is 4.33. The van der Waals surface area contributed by atoms with Gasteiger partial charge in [-0.1, -0.05) is 5.57 Å². The first-order chi connectivity index (χ1) is 9.33. The molecule has 0 rings (SSSR count). The van der Waals surface area contributed by atoms with Crippen molar-refractivity contribution in [2.24, 2.45) is 0 Å². The van der Waals surface area contributed by atoms with Gasteiger partial charge < -0.3 is 13.8 Å². The molecule has 0 amide bonds. The van der Waals surface area contributed by atoms with E-state index in [4.69, 9.17) is 13.8 Å². The molecule has 0 unspecified atom stereocenters. The van der Waals surface area contributed by atoms with Crippen LogP contribution in [0.1, 0.15) is 34.1 Å². The van der Waals surface area contributed by atoms with Gasteiger partial charge in [-0.05, 0) is 33.8 Å². The van der Waals surface area contributed by atoms with Crippen LogP contribution in [0.5, 0.6) is 0 Å². The fourth-order valence-corrected chi connectivity index (χ4v) is 3.21. The Hall–Kier alpha value is -0.970. The molecule has 0 aliphatic rings. The number of esters is 1. The van der Waals surface area contributed by atoms with Crippen LogP contribution >= 0.6 is 7.60 Å². The van der Waals surface area contributed by atoms with Crippen molar-refractivity contribution in [1.82, 2.24) is 0 Å². The SMILES string of the molecule is CCOP(=O)(CC(C)=CCOC(=O)CC(C)=O)OCC. The highest BCUT2D eigenvalue weighted by Crippen LogP contribution is 2.49. The minimum absolute atomic E-state index is 0.0379. The predicted octanol–water partition coefficient (Wildman–Crippen LogP) is 2.72. The molecule has 0 aliphatic heterocycles. The van der Waals surface area contributed by atoms with E-state index in [-0.39, 0.29) is 25.0 Å². The van der Waals surface area contributed by atoms with Crippen LogP contribution in [0, 0.1) is 0 Å². The zero-order valence-electron chi connectivity index (χ0n) is 12.5. The minimum atomic E-state index is -3.12. The van der Waals surface area contributed by atoms with Crippen molar-refractivity contribution in [3.63, 3.8) is 0 Å². The number of Topliss-reactive ketones (excluding diaryl/α,β-unsaturated/α-hetero) is 1. The number of carbonyl (C=O) groups excluding carboxylic acids is 2. The van der Waals surface area contributed by atoms with Gasteiger partial charge in [0.25, 0.3) is 0 Å². The molecule has 116 valence electrons. The molecule has 0 bridgehead atoms. The van der Waals surface area contributed by atoms with E-state index in [1.165, 1.54) is 6.92 Å². The maximum atomic E-state index is 12.2. The number of ether oxygens (including phenoxy) is 1. The van der Waals surface area contributed by atoms with Crippen molar-refractivity contribution in [3.8, 4) is 0 Å². The Morgan fingerprint density at radius 1 is 1.10 bits per heavy atom. The molecule has 0 radical (unpaired) electrons. The second-order valence-electron chi connectivity index (χ2n) is 4.22. The van der Waals surface area contributed by atoms with Gasteiger partial charge in [0.1, 0.15) is 18.8 Å². The van der Waals surface area contributed by atoms with Gasteiger partial charge in [0.05, 0.1) is 19.4 Å². The summed E-state index contributed by atoms with van der Waals surface area (Å²) in [6.07, 6.45) is 1.55. The summed E-state index contributed by atoms with van der Waals surface area (Å²) in [5, 5.41) is 0. The average Bonchev–Trinajstić information content (AvgIpc) is 2.27. The summed E-state index contributed by atoms with van der Waals surface area (Å²) < 4.78 is 27.4. The summed E-state index contributed by atoms with van der Waals surface area (Å²) in [6.45, 7) is 7.21. The Kier molecular flexibility index (Phi) is 9.38. The molecule has 0 spiro atoms. The van der Waals surface area contributed by atoms with Crippen LogP contribution in [-0.4, -0.2) is 37.7 Å². The van der Waals surface area contributed by atoms with Crippen LogP contribution in [0.15, 0.2) is 11.6 Å². The van der Waals surface area contributed by atoms with Gasteiger partial charge in [0, 0.05) is 0 Å². The normalized spacial score (nSPS) is 12.3. The summed E-state index contributed by atoms with van der Waals surface area (Å²) in [5.41, 5.74) is 0.742. The van der Waals surface area contributed by atoms with Crippen LogP contribution in [0.25, 0.3) is 0 Å². The fourth-order valence-electron chi connectivity index (χ4n) is 1.42. The maximum absolute atomic E-state index is 12.2. The molecule has 0 aliphatic carbocycles. The van der Waals surface area contributed by atoms with Crippen molar-refractivity contribution in [3.05, 3.63) is 11.6 Å². The highest BCUT2D eigenvalue weighted by molar-refractivity contribution is 7.54. The summed E-state index contributed by atoms with van der Waals surface area (Å²) in [5.74, 6) is -0.813. The molecule has 0 aromatic rings. The lowest BCUT2D eigenvalue weighted by Crippen LogP contribution is -2.09. The molecule has 0 heterocycles. The van der Waals surface area contributed by atoms with Crippen molar-refractivity contribution in [1.29, 1.82) is 0 Å². The van der Waals surface area contributed by atoms with Crippen LogP contribution in [0.2, 0.25) is 0 Å². The molecule has 0 aromatic carbocycles. The van der Waals surface area contributed by atoms with E-state index in [2.05, 4.69) is 0 Å². The third-order valence-electron chi connectivity index (χ3n) is 2.16. The van der Waals surface area contributed by atoms with Crippen molar-refractivity contribution in [2.45, 2.75) is 34.1 Å². The average molecular weight is 306 g/mol. The van der Waals surface area contributed by atoms with Crippen molar-refractivity contribution in [2.75, 3.05) is 26.0 Å². The van der Waals surface area contributed by atoms with Gasteiger partial charge in [-0.25, -0.2) is 0 Å². The highest BCUT2D eigenvalue weighted by Gasteiger charge is 2.23. The van der Waals surface area contributed by atoms with E-state index in [0.29, 0.717) is 13.2 Å². The Bertz CT molecular complexity index is 392. The number of hydrogen-bond acceptors (Lipinski definition) is 6. The Labute approximate surface area is 120 Å². The van der Waals surface area contributed by atoms with Crippen LogP contribution in [-0.2, 0) is 27.9 Å². The maximum Gasteiger partial charge on any atom is 0.334 e. The van der Waals surface area contributed by atoms with Gasteiger partial charge in [-0.3, -0.25) is 14.2 Å². The first-order valence-electron chi connectivity index (χ1n) is 6.51. The van der Waals surface area contributed by atoms with Crippen molar-refractivity contribution < 1.29 is 27.9 Å². The predicted molar refractivity (Wildman–Crippen MR) is 75.7 cm³/mol. The largest absolute Gasteiger partial charge is 0.461 e. The lowest BCUT2D eigenvalue weighted by Gasteiger charge is -2.17. The van der Waals surface area contributed by atoms with Gasteiger partial charge in [-0.15, -0.1) is 0 Å². The van der Waals surface area contributed by atoms with Gasteiger partial charge in [0.2, 0.25) is 0 Å². The van der Waals surface area contributed by atoms with Crippen LogP contribution in [0.4, 0.5) is 0 Å². The second kappa shape index (κ2) is 9.86. The van der Waals surface area contributed by atoms with Gasteiger partial charge >= 0.3 is 13.6 Å². The molecule has 20 heavy (non-hydrogen) atoms. The first kappa shape index (κ1) is 19.0. The Morgan fingerprint density at radius 2 is 1.65 bits per heavy atom. The molecule has 0 saturated carbocycles. The molecular weight excluding hydrogens is 283 g/mol. The summed E-state index contributed by atoms with van der Waals surface area (Å²) >= 11 is 0. The molecule has 0 N–H and O–H groups in total.